The highest BCUT2D eigenvalue weighted by Crippen LogP contribution is 2.23. The molecule has 1 atom stereocenters. The average Bonchev–Trinajstić information content (AvgIpc) is 3.31. The van der Waals surface area contributed by atoms with E-state index < -0.39 is 23.7 Å². The number of allylic oxidation sites excluding steroid dienone is 1. The van der Waals surface area contributed by atoms with Crippen molar-refractivity contribution < 1.29 is 23.5 Å². The molecule has 3 amide bonds. The van der Waals surface area contributed by atoms with E-state index in [9.17, 15) is 23.6 Å². The summed E-state index contributed by atoms with van der Waals surface area (Å²) in [6.07, 6.45) is 4.18. The van der Waals surface area contributed by atoms with E-state index in [-0.39, 0.29) is 36.9 Å². The van der Waals surface area contributed by atoms with Crippen molar-refractivity contribution in [3.8, 4) is 0 Å². The fourth-order valence-electron chi connectivity index (χ4n) is 4.46. The molecule has 0 aliphatic carbocycles. The first-order valence-corrected chi connectivity index (χ1v) is 14.0. The summed E-state index contributed by atoms with van der Waals surface area (Å²) in [5.74, 6) is -1.56. The number of nitrogens with one attached hydrogen (secondary N) is 1. The van der Waals surface area contributed by atoms with Crippen LogP contribution in [0, 0.1) is 5.82 Å². The van der Waals surface area contributed by atoms with Gasteiger partial charge in [0.15, 0.2) is 11.9 Å². The molecule has 11 nitrogen and oxygen atoms in total. The number of aromatic nitrogens is 3. The van der Waals surface area contributed by atoms with E-state index in [1.807, 2.05) is 41.0 Å². The number of amides is 3. The van der Waals surface area contributed by atoms with Crippen LogP contribution in [0.1, 0.15) is 24.1 Å². The van der Waals surface area contributed by atoms with Crippen molar-refractivity contribution in [2.45, 2.75) is 32.0 Å². The van der Waals surface area contributed by atoms with E-state index in [0.717, 1.165) is 16.8 Å². The van der Waals surface area contributed by atoms with E-state index in [2.05, 4.69) is 10.3 Å². The highest BCUT2D eigenvalue weighted by molar-refractivity contribution is 5.94. The Morgan fingerprint density at radius 1 is 1.02 bits per heavy atom. The Morgan fingerprint density at radius 2 is 1.77 bits per heavy atom. The van der Waals surface area contributed by atoms with Gasteiger partial charge in [0.2, 0.25) is 5.91 Å². The fourth-order valence-corrected chi connectivity index (χ4v) is 4.46. The first-order chi connectivity index (χ1) is 21.0. The standard InChI is InChI=1S/C32H35FN6O5/c1-36(2)28(40)13-9-8-12-27(44-32(43)37(3)4)30(41)35-29-31(42)38(17-16-34-29)21-25-19-23-18-24(33)14-15-26(23)39(25)20-22-10-6-5-7-11-22/h5-7,9-11,13-19,27H,8,12,20-21H2,1-4H3,(H,34,35,41). The zero-order valence-corrected chi connectivity index (χ0v) is 25.1. The first kappa shape index (κ1) is 31.7. The van der Waals surface area contributed by atoms with Crippen LogP contribution >= 0.6 is 0 Å². The van der Waals surface area contributed by atoms with E-state index in [0.29, 0.717) is 11.9 Å². The fraction of sp³-hybridized carbons (Fsp3) is 0.281. The normalized spacial score (nSPS) is 11.8. The monoisotopic (exact) mass is 602 g/mol. The number of benzene rings is 2. The Kier molecular flexibility index (Phi) is 10.3. The Labute approximate surface area is 254 Å². The number of hydrogen-bond acceptors (Lipinski definition) is 6. The molecule has 12 heteroatoms. The molecule has 1 unspecified atom stereocenters. The lowest BCUT2D eigenvalue weighted by molar-refractivity contribution is -0.125. The van der Waals surface area contributed by atoms with Crippen LogP contribution in [0.2, 0.25) is 0 Å². The molecule has 0 radical (unpaired) electrons. The van der Waals surface area contributed by atoms with Crippen LogP contribution in [0.15, 0.2) is 83.9 Å². The maximum Gasteiger partial charge on any atom is 0.410 e. The number of halogens is 1. The molecule has 4 aromatic rings. The predicted molar refractivity (Wildman–Crippen MR) is 165 cm³/mol. The van der Waals surface area contributed by atoms with E-state index in [1.54, 1.807) is 26.2 Å². The topological polar surface area (TPSA) is 119 Å². The van der Waals surface area contributed by atoms with Gasteiger partial charge in [0.1, 0.15) is 5.82 Å². The van der Waals surface area contributed by atoms with Gasteiger partial charge in [-0.05, 0) is 48.7 Å². The van der Waals surface area contributed by atoms with Crippen LogP contribution < -0.4 is 10.9 Å². The van der Waals surface area contributed by atoms with Gasteiger partial charge in [-0.25, -0.2) is 14.2 Å². The van der Waals surface area contributed by atoms with Gasteiger partial charge >= 0.3 is 6.09 Å². The van der Waals surface area contributed by atoms with Crippen LogP contribution in [-0.2, 0) is 27.4 Å². The number of ether oxygens (including phenoxy) is 1. The van der Waals surface area contributed by atoms with Gasteiger partial charge < -0.3 is 29.0 Å². The zero-order chi connectivity index (χ0) is 31.8. The first-order valence-electron chi connectivity index (χ1n) is 14.0. The smallest absolute Gasteiger partial charge is 0.410 e. The molecule has 0 fully saturated rings. The maximum absolute atomic E-state index is 14.1. The summed E-state index contributed by atoms with van der Waals surface area (Å²) >= 11 is 0. The van der Waals surface area contributed by atoms with Crippen molar-refractivity contribution >= 4 is 34.6 Å². The summed E-state index contributed by atoms with van der Waals surface area (Å²) in [7, 11) is 6.19. The molecule has 4 rings (SSSR count). The summed E-state index contributed by atoms with van der Waals surface area (Å²) < 4.78 is 22.8. The second kappa shape index (κ2) is 14.3. The number of anilines is 1. The number of nitrogens with zero attached hydrogens (tertiary/aromatic N) is 5. The Hall–Kier alpha value is -5.26. The molecule has 0 saturated heterocycles. The third-order valence-electron chi connectivity index (χ3n) is 6.82. The molecular formula is C32H35FN6O5. The van der Waals surface area contributed by atoms with Crippen LogP contribution in [-0.4, -0.2) is 76.1 Å². The predicted octanol–water partition coefficient (Wildman–Crippen LogP) is 3.86. The number of hydrogen-bond donors (Lipinski definition) is 1. The summed E-state index contributed by atoms with van der Waals surface area (Å²) in [4.78, 5) is 57.4. The molecule has 2 heterocycles. The number of fused-ring (bicyclic) bond motifs is 1. The second-order valence-electron chi connectivity index (χ2n) is 10.6. The van der Waals surface area contributed by atoms with Gasteiger partial charge in [-0.1, -0.05) is 36.4 Å². The van der Waals surface area contributed by atoms with Gasteiger partial charge in [-0.3, -0.25) is 14.4 Å². The van der Waals surface area contributed by atoms with Gasteiger partial charge in [0, 0.05) is 63.7 Å². The molecule has 0 aliphatic rings. The molecule has 0 bridgehead atoms. The average molecular weight is 603 g/mol. The van der Waals surface area contributed by atoms with Crippen molar-refractivity contribution in [2.24, 2.45) is 0 Å². The third kappa shape index (κ3) is 7.97. The largest absolute Gasteiger partial charge is 0.436 e. The van der Waals surface area contributed by atoms with Gasteiger partial charge in [-0.2, -0.15) is 0 Å². The summed E-state index contributed by atoms with van der Waals surface area (Å²) in [6, 6.07) is 16.2. The van der Waals surface area contributed by atoms with Crippen molar-refractivity contribution in [2.75, 3.05) is 33.5 Å². The number of carbonyl (C=O) groups excluding carboxylic acids is 3. The van der Waals surface area contributed by atoms with E-state index in [1.165, 1.54) is 59.1 Å². The van der Waals surface area contributed by atoms with Gasteiger partial charge in [0.25, 0.3) is 11.5 Å². The van der Waals surface area contributed by atoms with Crippen LogP contribution in [0.3, 0.4) is 0 Å². The van der Waals surface area contributed by atoms with Gasteiger partial charge in [-0.15, -0.1) is 0 Å². The van der Waals surface area contributed by atoms with Gasteiger partial charge in [0.05, 0.1) is 6.54 Å². The molecule has 0 aliphatic heterocycles. The van der Waals surface area contributed by atoms with E-state index >= 15 is 0 Å². The summed E-state index contributed by atoms with van der Waals surface area (Å²) in [6.45, 7) is 0.624. The number of carbonyl (C=O) groups is 3. The Bertz CT molecular complexity index is 1730. The Morgan fingerprint density at radius 3 is 2.48 bits per heavy atom. The molecular weight excluding hydrogens is 567 g/mol. The van der Waals surface area contributed by atoms with Crippen molar-refractivity contribution in [3.05, 3.63) is 107 Å². The molecule has 2 aromatic heterocycles. The van der Waals surface area contributed by atoms with Crippen LogP contribution in [0.5, 0.6) is 0 Å². The van der Waals surface area contributed by atoms with Crippen LogP contribution in [0.25, 0.3) is 10.9 Å². The molecule has 1 N–H and O–H groups in total. The summed E-state index contributed by atoms with van der Waals surface area (Å²) in [5.41, 5.74) is 2.02. The molecule has 2 aromatic carbocycles. The highest BCUT2D eigenvalue weighted by atomic mass is 19.1. The SMILES string of the molecule is CN(C)C(=O)C=CCCC(OC(=O)N(C)C)C(=O)Nc1nccn(Cc2cc3cc(F)ccc3n2Cc2ccccc2)c1=O. The van der Waals surface area contributed by atoms with Crippen molar-refractivity contribution in [1.82, 2.24) is 23.9 Å². The number of rotatable bonds is 11. The molecule has 0 spiro atoms. The molecule has 44 heavy (non-hydrogen) atoms. The maximum atomic E-state index is 14.1. The molecule has 0 saturated carbocycles. The quantitative estimate of drug-likeness (QED) is 0.261. The van der Waals surface area contributed by atoms with Crippen molar-refractivity contribution in [1.29, 1.82) is 0 Å². The molecule has 230 valence electrons. The minimum atomic E-state index is -1.25. The minimum Gasteiger partial charge on any atom is -0.436 e. The Balaban J connectivity index is 1.57. The highest BCUT2D eigenvalue weighted by Gasteiger charge is 2.25. The second-order valence-corrected chi connectivity index (χ2v) is 10.6. The van der Waals surface area contributed by atoms with Crippen LogP contribution in [0.4, 0.5) is 15.0 Å². The lowest BCUT2D eigenvalue weighted by Crippen LogP contribution is -2.38. The minimum absolute atomic E-state index is 0.0692. The summed E-state index contributed by atoms with van der Waals surface area (Å²) in [5, 5.41) is 3.20. The third-order valence-corrected chi connectivity index (χ3v) is 6.82. The van der Waals surface area contributed by atoms with E-state index in [4.69, 9.17) is 4.74 Å². The lowest BCUT2D eigenvalue weighted by Gasteiger charge is -2.19. The lowest BCUT2D eigenvalue weighted by atomic mass is 10.1. The number of likely N-dealkylation sites (N-methyl/N-ethyl adjacent to an activating group) is 1. The van der Waals surface area contributed by atoms with Crippen molar-refractivity contribution in [3.63, 3.8) is 0 Å². The zero-order valence-electron chi connectivity index (χ0n) is 25.1.